The van der Waals surface area contributed by atoms with Crippen LogP contribution in [0.25, 0.3) is 10.8 Å². The molecule has 0 saturated heterocycles. The van der Waals surface area contributed by atoms with E-state index in [0.717, 1.165) is 42.5 Å². The molecule has 282 valence electrons. The van der Waals surface area contributed by atoms with Crippen molar-refractivity contribution in [1.29, 1.82) is 0 Å². The van der Waals surface area contributed by atoms with Crippen molar-refractivity contribution in [3.05, 3.63) is 92.6 Å². The second kappa shape index (κ2) is 12.1. The fourth-order valence-corrected chi connectivity index (χ4v) is 6.53. The molecule has 0 amide bonds. The van der Waals surface area contributed by atoms with Crippen molar-refractivity contribution in [1.82, 2.24) is 0 Å². The molecule has 5 aromatic rings. The molecule has 0 aromatic heterocycles. The standard InChI is InChI=1S/C36H28O16.7H2/c37-14-5-20(39)18-10-26(45)35(51-27(18)7-14)17-9-25(44)33(48)30-16(17)1-12(2-24(43)32(30)47)34-29(11-19-21(40)6-15(38)8-28(19)50-34)52-36(49)13-3-22(41)31(46)23(42)4-13;;;;;;;/h1-9,26,29,34-35,37-42,44-46,48H,10-11H2,(H,43,47);7*1H/t26-,29-,34-,35-;;;;;;;/m0......./s1. The van der Waals surface area contributed by atoms with Crippen LogP contribution in [-0.4, -0.2) is 74.3 Å². The third-order valence-corrected chi connectivity index (χ3v) is 8.98. The summed E-state index contributed by atoms with van der Waals surface area (Å²) in [6.07, 6.45) is -6.28. The summed E-state index contributed by atoms with van der Waals surface area (Å²) in [4.78, 5) is 27.0. The SMILES string of the molecule is O=C(O[C@H]1Cc2c(O)cc(O)cc2O[C@H]1c1cc(O)c(=O)c2c(O)c(O)cc([C@@H]3Oc4cc(O)cc(O)c4C[C@@H]3O)c2c1)c1cc(O)c(O)c(O)c1.[HH].[HH].[HH].[HH].[HH].[HH].[HH]. The quantitative estimate of drug-likeness (QED) is 0.0864. The predicted octanol–water partition coefficient (Wildman–Crippen LogP) is 4.92. The molecule has 2 aliphatic rings. The molecule has 4 atom stereocenters. The normalized spacial score (nSPS) is 19.2. The van der Waals surface area contributed by atoms with Crippen LogP contribution in [0.15, 0.2) is 59.4 Å². The fraction of sp³-hybridized carbons (Fsp3) is 0.167. The molecular weight excluding hydrogens is 688 g/mol. The second-order valence-electron chi connectivity index (χ2n) is 12.4. The van der Waals surface area contributed by atoms with Crippen molar-refractivity contribution in [2.75, 3.05) is 0 Å². The first-order chi connectivity index (χ1) is 24.6. The number of fused-ring (bicyclic) bond motifs is 3. The largest absolute Gasteiger partial charge is 0.508 e. The van der Waals surface area contributed by atoms with Crippen LogP contribution in [0.5, 0.6) is 69.0 Å². The zero-order chi connectivity index (χ0) is 37.3. The third kappa shape index (κ3) is 5.56. The lowest BCUT2D eigenvalue weighted by atomic mass is 9.90. The maximum Gasteiger partial charge on any atom is 0.338 e. The van der Waals surface area contributed by atoms with Gasteiger partial charge in [0.05, 0.1) is 17.1 Å². The van der Waals surface area contributed by atoms with E-state index in [2.05, 4.69) is 0 Å². The molecule has 0 radical (unpaired) electrons. The van der Waals surface area contributed by atoms with Gasteiger partial charge in [0, 0.05) is 69.3 Å². The number of aliphatic hydroxyl groups excluding tert-OH is 1. The number of carbonyl (C=O) groups is 1. The molecule has 2 aliphatic heterocycles. The zero-order valence-electron chi connectivity index (χ0n) is 26.4. The maximum absolute atomic E-state index is 13.6. The summed E-state index contributed by atoms with van der Waals surface area (Å²) in [7, 11) is 0. The third-order valence-electron chi connectivity index (χ3n) is 8.98. The Balaban J connectivity index is 0.00000481. The van der Waals surface area contributed by atoms with E-state index in [4.69, 9.17) is 14.2 Å². The highest BCUT2D eigenvalue weighted by atomic mass is 16.6. The first kappa shape index (κ1) is 33.6. The molecule has 16 heteroatoms. The van der Waals surface area contributed by atoms with Gasteiger partial charge in [-0.05, 0) is 35.7 Å². The zero-order valence-corrected chi connectivity index (χ0v) is 26.4. The highest BCUT2D eigenvalue weighted by Gasteiger charge is 2.39. The molecule has 2 heterocycles. The van der Waals surface area contributed by atoms with Gasteiger partial charge in [0.1, 0.15) is 40.6 Å². The molecule has 0 fully saturated rings. The van der Waals surface area contributed by atoms with Crippen molar-refractivity contribution in [3.8, 4) is 69.0 Å². The lowest BCUT2D eigenvalue weighted by Gasteiger charge is -2.34. The smallest absolute Gasteiger partial charge is 0.338 e. The Bertz CT molecular complexity index is 2400. The summed E-state index contributed by atoms with van der Waals surface area (Å²) >= 11 is 0. The van der Waals surface area contributed by atoms with Crippen LogP contribution < -0.4 is 14.9 Å². The van der Waals surface area contributed by atoms with Gasteiger partial charge < -0.3 is 70.4 Å². The average molecular weight is 731 g/mol. The monoisotopic (exact) mass is 730 g/mol. The van der Waals surface area contributed by atoms with Crippen LogP contribution in [0, 0.1) is 0 Å². The van der Waals surface area contributed by atoms with Crippen LogP contribution in [0.1, 0.15) is 54.8 Å². The summed E-state index contributed by atoms with van der Waals surface area (Å²) < 4.78 is 17.8. The van der Waals surface area contributed by atoms with Crippen LogP contribution in [-0.2, 0) is 17.6 Å². The van der Waals surface area contributed by atoms with Gasteiger partial charge in [0.2, 0.25) is 5.43 Å². The Morgan fingerprint density at radius 1 is 0.635 bits per heavy atom. The summed E-state index contributed by atoms with van der Waals surface area (Å²) in [5.41, 5.74) is -1.58. The van der Waals surface area contributed by atoms with Gasteiger partial charge in [-0.3, -0.25) is 4.79 Å². The van der Waals surface area contributed by atoms with Gasteiger partial charge >= 0.3 is 5.97 Å². The van der Waals surface area contributed by atoms with Crippen molar-refractivity contribution in [3.63, 3.8) is 0 Å². The van der Waals surface area contributed by atoms with Crippen LogP contribution >= 0.6 is 0 Å². The van der Waals surface area contributed by atoms with E-state index in [9.17, 15) is 65.8 Å². The Morgan fingerprint density at radius 3 is 1.81 bits per heavy atom. The summed E-state index contributed by atoms with van der Waals surface area (Å²) in [5.74, 6) is -8.17. The molecule has 5 aromatic carbocycles. The van der Waals surface area contributed by atoms with E-state index >= 15 is 0 Å². The average Bonchev–Trinajstić information content (AvgIpc) is 3.20. The number of aliphatic hydroxyl groups is 1. The number of ether oxygens (including phenoxy) is 3. The van der Waals surface area contributed by atoms with E-state index in [1.165, 1.54) is 12.1 Å². The number of aromatic hydroxyl groups is 10. The number of phenolic OH excluding ortho intramolecular Hbond substituents is 9. The number of carbonyl (C=O) groups excluding carboxylic acids is 1. The van der Waals surface area contributed by atoms with Crippen molar-refractivity contribution in [2.45, 2.75) is 37.3 Å². The first-order valence-corrected chi connectivity index (χ1v) is 15.4. The number of benzene rings is 4. The molecular formula is C36H42O16. The van der Waals surface area contributed by atoms with Crippen molar-refractivity contribution < 1.29 is 85.2 Å². The lowest BCUT2D eigenvalue weighted by Crippen LogP contribution is -2.34. The Hall–Kier alpha value is -6.94. The van der Waals surface area contributed by atoms with E-state index in [1.54, 1.807) is 0 Å². The number of rotatable bonds is 4. The molecule has 11 N–H and O–H groups in total. The molecule has 0 unspecified atom stereocenters. The van der Waals surface area contributed by atoms with Crippen molar-refractivity contribution >= 4 is 16.7 Å². The molecule has 0 spiro atoms. The van der Waals surface area contributed by atoms with E-state index in [-0.39, 0.29) is 73.5 Å². The Labute approximate surface area is 301 Å². The fourth-order valence-electron chi connectivity index (χ4n) is 6.53. The van der Waals surface area contributed by atoms with E-state index in [1.807, 2.05) is 0 Å². The summed E-state index contributed by atoms with van der Waals surface area (Å²) in [6, 6.07) is 9.20. The Morgan fingerprint density at radius 2 is 1.19 bits per heavy atom. The minimum absolute atomic E-state index is 0. The maximum atomic E-state index is 13.6. The summed E-state index contributed by atoms with van der Waals surface area (Å²) in [5, 5.41) is 114. The van der Waals surface area contributed by atoms with Gasteiger partial charge in [0.25, 0.3) is 0 Å². The van der Waals surface area contributed by atoms with Gasteiger partial charge in [-0.1, -0.05) is 0 Å². The van der Waals surface area contributed by atoms with Crippen molar-refractivity contribution in [2.24, 2.45) is 0 Å². The minimum atomic E-state index is -1.48. The molecule has 52 heavy (non-hydrogen) atoms. The first-order valence-electron chi connectivity index (χ1n) is 15.4. The van der Waals surface area contributed by atoms with Crippen LogP contribution in [0.3, 0.4) is 0 Å². The molecule has 0 saturated carbocycles. The summed E-state index contributed by atoms with van der Waals surface area (Å²) in [6.45, 7) is 0. The van der Waals surface area contributed by atoms with Gasteiger partial charge in [-0.15, -0.1) is 0 Å². The van der Waals surface area contributed by atoms with E-state index in [0.29, 0.717) is 0 Å². The van der Waals surface area contributed by atoms with Gasteiger partial charge in [0.15, 0.2) is 46.7 Å². The predicted molar refractivity (Wildman–Crippen MR) is 190 cm³/mol. The van der Waals surface area contributed by atoms with Crippen LogP contribution in [0.4, 0.5) is 0 Å². The highest BCUT2D eigenvalue weighted by Crippen LogP contribution is 2.48. The van der Waals surface area contributed by atoms with Gasteiger partial charge in [-0.2, -0.15) is 0 Å². The molecule has 0 bridgehead atoms. The number of esters is 1. The second-order valence-corrected chi connectivity index (χ2v) is 12.4. The number of hydrogen-bond acceptors (Lipinski definition) is 16. The molecule has 0 aliphatic carbocycles. The van der Waals surface area contributed by atoms with Crippen LogP contribution in [0.2, 0.25) is 0 Å². The van der Waals surface area contributed by atoms with E-state index < -0.39 is 92.8 Å². The molecule has 16 nitrogen and oxygen atoms in total. The minimum Gasteiger partial charge on any atom is -0.508 e. The number of phenols is 9. The lowest BCUT2D eigenvalue weighted by molar-refractivity contribution is -0.0188. The Kier molecular flexibility index (Phi) is 7.83. The van der Waals surface area contributed by atoms with Gasteiger partial charge in [-0.25, -0.2) is 4.79 Å². The topological polar surface area (TPSA) is 284 Å². The number of hydrogen-bond donors (Lipinski definition) is 11. The molecule has 7 rings (SSSR count). The highest BCUT2D eigenvalue weighted by molar-refractivity contribution is 5.94.